The number of hydrogen-bond acceptors (Lipinski definition) is 6. The average molecular weight is 314 g/mol. The fourth-order valence-corrected chi connectivity index (χ4v) is 4.04. The number of nitrogens with zero attached hydrogens (tertiary/aromatic N) is 1. The number of carboxylic acid groups (broad SMARTS) is 1. The SMILES string of the molecule is O=C(O)c1ccc(NCC2CCCS2(=O)=O)c([N+](=O)[O-])c1. The Morgan fingerprint density at radius 1 is 1.48 bits per heavy atom. The number of aromatic carboxylic acids is 1. The Morgan fingerprint density at radius 2 is 2.19 bits per heavy atom. The molecule has 1 unspecified atom stereocenters. The highest BCUT2D eigenvalue weighted by Gasteiger charge is 2.31. The predicted molar refractivity (Wildman–Crippen MR) is 75.4 cm³/mol. The molecule has 2 rings (SSSR count). The molecule has 21 heavy (non-hydrogen) atoms. The number of nitrogens with one attached hydrogen (secondary N) is 1. The first-order valence-corrected chi connectivity index (χ1v) is 8.00. The smallest absolute Gasteiger partial charge is 0.335 e. The van der Waals surface area contributed by atoms with Gasteiger partial charge in [0.15, 0.2) is 9.84 Å². The number of carboxylic acids is 1. The van der Waals surface area contributed by atoms with E-state index in [2.05, 4.69) is 5.32 Å². The van der Waals surface area contributed by atoms with E-state index in [0.29, 0.717) is 12.8 Å². The quantitative estimate of drug-likeness (QED) is 0.619. The molecule has 0 spiro atoms. The molecular formula is C12H14N2O6S. The van der Waals surface area contributed by atoms with Crippen LogP contribution in [0.3, 0.4) is 0 Å². The van der Waals surface area contributed by atoms with Crippen LogP contribution in [0.2, 0.25) is 0 Å². The summed E-state index contributed by atoms with van der Waals surface area (Å²) >= 11 is 0. The van der Waals surface area contributed by atoms with Gasteiger partial charge in [-0.25, -0.2) is 13.2 Å². The summed E-state index contributed by atoms with van der Waals surface area (Å²) in [7, 11) is -3.14. The van der Waals surface area contributed by atoms with E-state index in [9.17, 15) is 23.3 Å². The Hall–Kier alpha value is -2.16. The topological polar surface area (TPSA) is 127 Å². The highest BCUT2D eigenvalue weighted by Crippen LogP contribution is 2.27. The van der Waals surface area contributed by atoms with E-state index in [4.69, 9.17) is 5.11 Å². The molecule has 2 N–H and O–H groups in total. The molecule has 1 saturated heterocycles. The third-order valence-corrected chi connectivity index (χ3v) is 5.70. The van der Waals surface area contributed by atoms with Crippen LogP contribution in [0, 0.1) is 10.1 Å². The van der Waals surface area contributed by atoms with E-state index in [1.54, 1.807) is 0 Å². The van der Waals surface area contributed by atoms with Crippen LogP contribution in [-0.4, -0.2) is 42.0 Å². The Kier molecular flexibility index (Phi) is 4.12. The largest absolute Gasteiger partial charge is 0.478 e. The number of anilines is 1. The van der Waals surface area contributed by atoms with E-state index >= 15 is 0 Å². The summed E-state index contributed by atoms with van der Waals surface area (Å²) in [4.78, 5) is 21.1. The van der Waals surface area contributed by atoms with E-state index in [1.165, 1.54) is 12.1 Å². The van der Waals surface area contributed by atoms with Crippen LogP contribution in [0.4, 0.5) is 11.4 Å². The molecule has 0 saturated carbocycles. The van der Waals surface area contributed by atoms with Gasteiger partial charge in [0.05, 0.1) is 21.5 Å². The van der Waals surface area contributed by atoms with Crippen molar-refractivity contribution in [1.29, 1.82) is 0 Å². The Morgan fingerprint density at radius 3 is 2.71 bits per heavy atom. The fourth-order valence-electron chi connectivity index (χ4n) is 2.28. The van der Waals surface area contributed by atoms with Crippen LogP contribution in [0.1, 0.15) is 23.2 Å². The van der Waals surface area contributed by atoms with Gasteiger partial charge in [-0.05, 0) is 25.0 Å². The summed E-state index contributed by atoms with van der Waals surface area (Å²) in [6.45, 7) is 0.0790. The molecule has 1 aromatic carbocycles. The number of rotatable bonds is 5. The Bertz CT molecular complexity index is 685. The minimum absolute atomic E-state index is 0.0790. The lowest BCUT2D eigenvalue weighted by Crippen LogP contribution is -2.25. The molecule has 0 amide bonds. The number of nitro benzene ring substituents is 1. The summed E-state index contributed by atoms with van der Waals surface area (Å²) in [6, 6.07) is 3.47. The zero-order chi connectivity index (χ0) is 15.6. The number of benzene rings is 1. The molecule has 0 bridgehead atoms. The molecule has 1 aromatic rings. The van der Waals surface area contributed by atoms with Gasteiger partial charge in [-0.3, -0.25) is 10.1 Å². The van der Waals surface area contributed by atoms with Crippen molar-refractivity contribution in [3.8, 4) is 0 Å². The van der Waals surface area contributed by atoms with Gasteiger partial charge < -0.3 is 10.4 Å². The van der Waals surface area contributed by atoms with Crippen molar-refractivity contribution < 1.29 is 23.2 Å². The highest BCUT2D eigenvalue weighted by atomic mass is 32.2. The zero-order valence-corrected chi connectivity index (χ0v) is 11.8. The summed E-state index contributed by atoms with van der Waals surface area (Å²) < 4.78 is 23.4. The van der Waals surface area contributed by atoms with Crippen molar-refractivity contribution in [3.05, 3.63) is 33.9 Å². The van der Waals surface area contributed by atoms with Crippen LogP contribution >= 0.6 is 0 Å². The fraction of sp³-hybridized carbons (Fsp3) is 0.417. The molecule has 1 aliphatic heterocycles. The third-order valence-electron chi connectivity index (χ3n) is 3.42. The van der Waals surface area contributed by atoms with E-state index < -0.39 is 26.0 Å². The van der Waals surface area contributed by atoms with Crippen molar-refractivity contribution in [2.24, 2.45) is 0 Å². The predicted octanol–water partition coefficient (Wildman–Crippen LogP) is 1.28. The molecule has 1 heterocycles. The van der Waals surface area contributed by atoms with Crippen LogP contribution in [0.25, 0.3) is 0 Å². The van der Waals surface area contributed by atoms with Crippen molar-refractivity contribution in [1.82, 2.24) is 0 Å². The average Bonchev–Trinajstić information content (AvgIpc) is 2.74. The monoisotopic (exact) mass is 314 g/mol. The maximum absolute atomic E-state index is 11.7. The first kappa shape index (κ1) is 15.2. The van der Waals surface area contributed by atoms with Gasteiger partial charge in [0, 0.05) is 12.6 Å². The molecule has 1 aliphatic rings. The van der Waals surface area contributed by atoms with Crippen molar-refractivity contribution >= 4 is 27.2 Å². The van der Waals surface area contributed by atoms with Crippen LogP contribution in [-0.2, 0) is 9.84 Å². The van der Waals surface area contributed by atoms with Crippen LogP contribution in [0.15, 0.2) is 18.2 Å². The maximum atomic E-state index is 11.7. The molecule has 1 atom stereocenters. The number of hydrogen-bond donors (Lipinski definition) is 2. The molecule has 0 aliphatic carbocycles. The van der Waals surface area contributed by atoms with E-state index in [0.717, 1.165) is 6.07 Å². The second kappa shape index (κ2) is 5.68. The lowest BCUT2D eigenvalue weighted by atomic mass is 10.1. The number of carbonyl (C=O) groups is 1. The van der Waals surface area contributed by atoms with Gasteiger partial charge in [-0.2, -0.15) is 0 Å². The maximum Gasteiger partial charge on any atom is 0.335 e. The van der Waals surface area contributed by atoms with Gasteiger partial charge in [-0.1, -0.05) is 0 Å². The summed E-state index contributed by atoms with van der Waals surface area (Å²) in [5, 5.41) is 22.0. The van der Waals surface area contributed by atoms with Gasteiger partial charge in [0.2, 0.25) is 0 Å². The minimum atomic E-state index is -3.14. The minimum Gasteiger partial charge on any atom is -0.478 e. The van der Waals surface area contributed by atoms with Gasteiger partial charge in [-0.15, -0.1) is 0 Å². The van der Waals surface area contributed by atoms with Gasteiger partial charge in [0.1, 0.15) is 5.69 Å². The van der Waals surface area contributed by atoms with Crippen molar-refractivity contribution in [2.45, 2.75) is 18.1 Å². The van der Waals surface area contributed by atoms with Gasteiger partial charge in [0.25, 0.3) is 5.69 Å². The first-order chi connectivity index (χ1) is 9.81. The lowest BCUT2D eigenvalue weighted by molar-refractivity contribution is -0.384. The second-order valence-corrected chi connectivity index (χ2v) is 7.21. The highest BCUT2D eigenvalue weighted by molar-refractivity contribution is 7.92. The lowest BCUT2D eigenvalue weighted by Gasteiger charge is -2.12. The summed E-state index contributed by atoms with van der Waals surface area (Å²) in [5.41, 5.74) is -0.460. The van der Waals surface area contributed by atoms with Gasteiger partial charge >= 0.3 is 5.97 Å². The Labute approximate surface area is 120 Å². The summed E-state index contributed by atoms with van der Waals surface area (Å²) in [6.07, 6.45) is 1.12. The second-order valence-electron chi connectivity index (χ2n) is 4.81. The summed E-state index contributed by atoms with van der Waals surface area (Å²) in [5.74, 6) is -1.12. The normalized spacial score (nSPS) is 20.1. The molecule has 1 fully saturated rings. The number of sulfone groups is 1. The molecular weight excluding hydrogens is 300 g/mol. The zero-order valence-electron chi connectivity index (χ0n) is 11.0. The van der Waals surface area contributed by atoms with Crippen LogP contribution < -0.4 is 5.32 Å². The van der Waals surface area contributed by atoms with E-state index in [-0.39, 0.29) is 29.2 Å². The van der Waals surface area contributed by atoms with E-state index in [1.807, 2.05) is 0 Å². The first-order valence-electron chi connectivity index (χ1n) is 6.28. The molecule has 114 valence electrons. The Balaban J connectivity index is 2.20. The molecule has 9 heteroatoms. The standard InChI is InChI=1S/C12H14N2O6S/c15-12(16)8-3-4-10(11(6-8)14(17)18)13-7-9-2-1-5-21(9,19)20/h3-4,6,9,13H,1-2,5,7H2,(H,15,16). The van der Waals surface area contributed by atoms with Crippen molar-refractivity contribution in [2.75, 3.05) is 17.6 Å². The molecule has 0 aromatic heterocycles. The van der Waals surface area contributed by atoms with Crippen LogP contribution in [0.5, 0.6) is 0 Å². The number of nitro groups is 1. The molecule has 0 radical (unpaired) electrons. The molecule has 8 nitrogen and oxygen atoms in total. The van der Waals surface area contributed by atoms with Crippen molar-refractivity contribution in [3.63, 3.8) is 0 Å². The third kappa shape index (κ3) is 3.30.